The Morgan fingerprint density at radius 3 is 2.35 bits per heavy atom. The van der Waals surface area contributed by atoms with E-state index in [2.05, 4.69) is 0 Å². The number of nitriles is 1. The van der Waals surface area contributed by atoms with Crippen LogP contribution in [0.2, 0.25) is 0 Å². The summed E-state index contributed by atoms with van der Waals surface area (Å²) in [6, 6.07) is 15.1. The maximum atomic E-state index is 12.1. The number of ketones is 1. The zero-order valence-corrected chi connectivity index (χ0v) is 14.4. The molecule has 0 amide bonds. The molecule has 0 unspecified atom stereocenters. The van der Waals surface area contributed by atoms with Gasteiger partial charge >= 0.3 is 5.97 Å². The number of carbonyl (C=O) groups is 2. The first-order chi connectivity index (χ1) is 12.6. The highest BCUT2D eigenvalue weighted by atomic mass is 16.5. The summed E-state index contributed by atoms with van der Waals surface area (Å²) in [7, 11) is 3.04. The largest absolute Gasteiger partial charge is 0.497 e. The van der Waals surface area contributed by atoms with Crippen molar-refractivity contribution in [3.63, 3.8) is 0 Å². The van der Waals surface area contributed by atoms with E-state index in [-0.39, 0.29) is 11.4 Å². The maximum absolute atomic E-state index is 12.1. The van der Waals surface area contributed by atoms with E-state index in [0.29, 0.717) is 22.6 Å². The van der Waals surface area contributed by atoms with Crippen molar-refractivity contribution in [2.45, 2.75) is 0 Å². The molecular weight excluding hydrogens is 334 g/mol. The van der Waals surface area contributed by atoms with Crippen molar-refractivity contribution in [1.82, 2.24) is 0 Å². The van der Waals surface area contributed by atoms with Gasteiger partial charge in [-0.3, -0.25) is 4.79 Å². The van der Waals surface area contributed by atoms with Crippen LogP contribution in [0.15, 0.2) is 54.1 Å². The van der Waals surface area contributed by atoms with Gasteiger partial charge in [0.1, 0.15) is 23.1 Å². The molecule has 2 aromatic rings. The predicted molar refractivity (Wildman–Crippen MR) is 94.9 cm³/mol. The van der Waals surface area contributed by atoms with Gasteiger partial charge in [0.05, 0.1) is 14.2 Å². The van der Waals surface area contributed by atoms with Crippen LogP contribution in [-0.2, 0) is 9.53 Å². The number of hydrogen-bond acceptors (Lipinski definition) is 6. The average molecular weight is 351 g/mol. The van der Waals surface area contributed by atoms with Gasteiger partial charge < -0.3 is 14.2 Å². The standard InChI is InChI=1S/C20H17NO5/c1-24-17-8-6-14(7-9-17)10-16(12-21)20(23)26-13-19(22)15-4-3-5-18(11-15)25-2/h3-11H,13H2,1-2H3/b16-10+. The number of Topliss-reactive ketones (excluding diaryl/α,β-unsaturated/α-hetero) is 1. The van der Waals surface area contributed by atoms with Crippen LogP contribution >= 0.6 is 0 Å². The van der Waals surface area contributed by atoms with Gasteiger partial charge in [0.15, 0.2) is 12.4 Å². The molecule has 0 aromatic heterocycles. The minimum absolute atomic E-state index is 0.200. The summed E-state index contributed by atoms with van der Waals surface area (Å²) in [5.41, 5.74) is 0.793. The minimum Gasteiger partial charge on any atom is -0.497 e. The van der Waals surface area contributed by atoms with E-state index in [4.69, 9.17) is 19.5 Å². The average Bonchev–Trinajstić information content (AvgIpc) is 2.70. The molecule has 0 atom stereocenters. The number of benzene rings is 2. The molecule has 0 spiro atoms. The fourth-order valence-corrected chi connectivity index (χ4v) is 2.09. The lowest BCUT2D eigenvalue weighted by Gasteiger charge is -2.05. The molecule has 2 rings (SSSR count). The van der Waals surface area contributed by atoms with Crippen molar-refractivity contribution in [1.29, 1.82) is 5.26 Å². The van der Waals surface area contributed by atoms with Gasteiger partial charge in [-0.15, -0.1) is 0 Å². The number of hydrogen-bond donors (Lipinski definition) is 0. The van der Waals surface area contributed by atoms with Crippen LogP contribution in [0.1, 0.15) is 15.9 Å². The molecule has 0 saturated heterocycles. The third kappa shape index (κ3) is 4.95. The van der Waals surface area contributed by atoms with Gasteiger partial charge in [0, 0.05) is 5.56 Å². The van der Waals surface area contributed by atoms with Crippen molar-refractivity contribution < 1.29 is 23.8 Å². The van der Waals surface area contributed by atoms with E-state index in [9.17, 15) is 9.59 Å². The van der Waals surface area contributed by atoms with Crippen LogP contribution in [0.3, 0.4) is 0 Å². The van der Waals surface area contributed by atoms with Crippen LogP contribution in [0.25, 0.3) is 6.08 Å². The molecule has 0 aliphatic carbocycles. The summed E-state index contributed by atoms with van der Waals surface area (Å²) in [6.45, 7) is -0.465. The van der Waals surface area contributed by atoms with Gasteiger partial charge in [-0.2, -0.15) is 5.26 Å². The summed E-state index contributed by atoms with van der Waals surface area (Å²) in [6.07, 6.45) is 1.39. The van der Waals surface area contributed by atoms with Crippen molar-refractivity contribution in [3.8, 4) is 17.6 Å². The second-order valence-electron chi connectivity index (χ2n) is 5.17. The third-order valence-corrected chi connectivity index (χ3v) is 3.49. The number of nitrogens with zero attached hydrogens (tertiary/aromatic N) is 1. The Balaban J connectivity index is 2.03. The molecule has 6 nitrogen and oxygen atoms in total. The summed E-state index contributed by atoms with van der Waals surface area (Å²) in [5.74, 6) is -0.0648. The Kier molecular flexibility index (Phi) is 6.52. The third-order valence-electron chi connectivity index (χ3n) is 3.49. The molecule has 6 heteroatoms. The van der Waals surface area contributed by atoms with Crippen LogP contribution in [0.4, 0.5) is 0 Å². The smallest absolute Gasteiger partial charge is 0.349 e. The van der Waals surface area contributed by atoms with Crippen LogP contribution in [0, 0.1) is 11.3 Å². The lowest BCUT2D eigenvalue weighted by Crippen LogP contribution is -2.15. The zero-order chi connectivity index (χ0) is 18.9. The molecule has 2 aromatic carbocycles. The van der Waals surface area contributed by atoms with Crippen molar-refractivity contribution in [2.24, 2.45) is 0 Å². The second kappa shape index (κ2) is 9.04. The SMILES string of the molecule is COc1ccc(/C=C(\C#N)C(=O)OCC(=O)c2cccc(OC)c2)cc1. The van der Waals surface area contributed by atoms with Gasteiger partial charge in [0.25, 0.3) is 0 Å². The molecule has 0 radical (unpaired) electrons. The number of ether oxygens (including phenoxy) is 3. The van der Waals surface area contributed by atoms with E-state index < -0.39 is 12.6 Å². The first-order valence-electron chi connectivity index (χ1n) is 7.67. The molecular formula is C20H17NO5. The van der Waals surface area contributed by atoms with Crippen LogP contribution < -0.4 is 9.47 Å². The summed E-state index contributed by atoms with van der Waals surface area (Å²) in [5, 5.41) is 9.16. The van der Waals surface area contributed by atoms with Gasteiger partial charge in [-0.25, -0.2) is 4.79 Å². The Morgan fingerprint density at radius 2 is 1.73 bits per heavy atom. The van der Waals surface area contributed by atoms with Crippen LogP contribution in [0.5, 0.6) is 11.5 Å². The Bertz CT molecular complexity index is 863. The molecule has 0 saturated carbocycles. The number of methoxy groups -OCH3 is 2. The maximum Gasteiger partial charge on any atom is 0.349 e. The van der Waals surface area contributed by atoms with E-state index in [1.54, 1.807) is 61.7 Å². The Morgan fingerprint density at radius 1 is 1.04 bits per heavy atom. The molecule has 0 aliphatic rings. The molecule has 0 fully saturated rings. The zero-order valence-electron chi connectivity index (χ0n) is 14.4. The highest BCUT2D eigenvalue weighted by Crippen LogP contribution is 2.15. The van der Waals surface area contributed by atoms with Gasteiger partial charge in [-0.1, -0.05) is 24.3 Å². The Hall–Kier alpha value is -3.59. The number of carbonyl (C=O) groups excluding carboxylic acids is 2. The molecule has 0 N–H and O–H groups in total. The van der Waals surface area contributed by atoms with E-state index in [1.165, 1.54) is 13.2 Å². The second-order valence-corrected chi connectivity index (χ2v) is 5.17. The summed E-state index contributed by atoms with van der Waals surface area (Å²) < 4.78 is 15.1. The molecule has 0 bridgehead atoms. The predicted octanol–water partition coefficient (Wildman–Crippen LogP) is 3.04. The highest BCUT2D eigenvalue weighted by molar-refractivity contribution is 6.02. The normalized spacial score (nSPS) is 10.6. The summed E-state index contributed by atoms with van der Waals surface area (Å²) >= 11 is 0. The first-order valence-corrected chi connectivity index (χ1v) is 7.67. The quantitative estimate of drug-likeness (QED) is 0.330. The van der Waals surface area contributed by atoms with E-state index >= 15 is 0 Å². The fraction of sp³-hybridized carbons (Fsp3) is 0.150. The molecule has 132 valence electrons. The van der Waals surface area contributed by atoms with Gasteiger partial charge in [-0.05, 0) is 35.9 Å². The lowest BCUT2D eigenvalue weighted by molar-refractivity contribution is -0.137. The first kappa shape index (κ1) is 18.7. The fourth-order valence-electron chi connectivity index (χ4n) is 2.09. The number of esters is 1. The van der Waals surface area contributed by atoms with Crippen LogP contribution in [-0.4, -0.2) is 32.6 Å². The minimum atomic E-state index is -0.862. The van der Waals surface area contributed by atoms with Gasteiger partial charge in [0.2, 0.25) is 0 Å². The van der Waals surface area contributed by atoms with E-state index in [1.807, 2.05) is 0 Å². The highest BCUT2D eigenvalue weighted by Gasteiger charge is 2.14. The molecule has 0 heterocycles. The van der Waals surface area contributed by atoms with E-state index in [0.717, 1.165) is 0 Å². The summed E-state index contributed by atoms with van der Waals surface area (Å²) in [4.78, 5) is 24.2. The topological polar surface area (TPSA) is 85.6 Å². The van der Waals surface area contributed by atoms with Crippen molar-refractivity contribution in [3.05, 3.63) is 65.2 Å². The van der Waals surface area contributed by atoms with Crippen molar-refractivity contribution >= 4 is 17.8 Å². The monoisotopic (exact) mass is 351 g/mol. The molecule has 26 heavy (non-hydrogen) atoms. The lowest BCUT2D eigenvalue weighted by atomic mass is 10.1. The van der Waals surface area contributed by atoms with Crippen molar-refractivity contribution in [2.75, 3.05) is 20.8 Å². The number of rotatable bonds is 7. The Labute approximate surface area is 151 Å². The molecule has 0 aliphatic heterocycles.